The first-order valence-electron chi connectivity index (χ1n) is 6.14. The van der Waals surface area contributed by atoms with Gasteiger partial charge in [0.15, 0.2) is 11.5 Å². The first kappa shape index (κ1) is 13.5. The molecular weight excluding hydrogens is 248 g/mol. The molecule has 1 aromatic carbocycles. The van der Waals surface area contributed by atoms with Gasteiger partial charge in [-0.25, -0.2) is 5.01 Å². The van der Waals surface area contributed by atoms with Crippen molar-refractivity contribution < 1.29 is 19.0 Å². The minimum absolute atomic E-state index is 0.0145. The molecule has 0 unspecified atom stereocenters. The normalized spacial score (nSPS) is 12.6. The molecule has 0 saturated carbocycles. The van der Waals surface area contributed by atoms with Crippen molar-refractivity contribution >= 4 is 5.91 Å². The highest BCUT2D eigenvalue weighted by Gasteiger charge is 2.13. The summed E-state index contributed by atoms with van der Waals surface area (Å²) in [5.41, 5.74) is 2.68. The molecule has 0 aliphatic carbocycles. The topological polar surface area (TPSA) is 60.0 Å². The average Bonchev–Trinajstić information content (AvgIpc) is 2.81. The van der Waals surface area contributed by atoms with Crippen LogP contribution in [0, 0.1) is 0 Å². The monoisotopic (exact) mass is 266 g/mol. The van der Waals surface area contributed by atoms with E-state index in [1.165, 1.54) is 0 Å². The average molecular weight is 266 g/mol. The number of ether oxygens (including phenoxy) is 3. The number of nitrogens with one attached hydrogen (secondary N) is 1. The van der Waals surface area contributed by atoms with Gasteiger partial charge in [0.05, 0.1) is 6.61 Å². The molecule has 0 radical (unpaired) electrons. The van der Waals surface area contributed by atoms with Crippen LogP contribution in [0.15, 0.2) is 18.2 Å². The molecule has 0 saturated heterocycles. The van der Waals surface area contributed by atoms with E-state index in [0.717, 1.165) is 11.5 Å². The molecule has 1 N–H and O–H groups in total. The summed E-state index contributed by atoms with van der Waals surface area (Å²) in [6, 6.07) is 5.44. The van der Waals surface area contributed by atoms with Gasteiger partial charge in [-0.3, -0.25) is 10.2 Å². The first-order valence-corrected chi connectivity index (χ1v) is 6.14. The van der Waals surface area contributed by atoms with Gasteiger partial charge in [0.2, 0.25) is 12.7 Å². The lowest BCUT2D eigenvalue weighted by molar-refractivity contribution is -0.125. The number of fused-ring (bicyclic) bond motifs is 1. The van der Waals surface area contributed by atoms with Gasteiger partial charge in [-0.2, -0.15) is 0 Å². The third-order valence-electron chi connectivity index (χ3n) is 2.51. The maximum atomic E-state index is 11.4. The Morgan fingerprint density at radius 2 is 2.16 bits per heavy atom. The number of rotatable bonds is 6. The predicted molar refractivity (Wildman–Crippen MR) is 69.1 cm³/mol. The van der Waals surface area contributed by atoms with Crippen molar-refractivity contribution in [3.05, 3.63) is 18.2 Å². The molecule has 104 valence electrons. The maximum Gasteiger partial charge on any atom is 0.234 e. The third-order valence-corrected chi connectivity index (χ3v) is 2.51. The predicted octanol–water partition coefficient (Wildman–Crippen LogP) is 1.17. The van der Waals surface area contributed by atoms with Crippen molar-refractivity contribution in [2.24, 2.45) is 0 Å². The number of hydrogen-bond acceptors (Lipinski definition) is 5. The molecule has 1 aromatic rings. The molecule has 0 fully saturated rings. The molecule has 0 bridgehead atoms. The summed E-state index contributed by atoms with van der Waals surface area (Å²) in [5, 5.41) is 1.63. The zero-order valence-electron chi connectivity index (χ0n) is 11.1. The van der Waals surface area contributed by atoms with Gasteiger partial charge in [-0.1, -0.05) is 0 Å². The summed E-state index contributed by atoms with van der Waals surface area (Å²) in [7, 11) is 3.56. The molecule has 19 heavy (non-hydrogen) atoms. The van der Waals surface area contributed by atoms with E-state index in [2.05, 4.69) is 5.43 Å². The molecule has 0 aromatic heterocycles. The number of amides is 1. The van der Waals surface area contributed by atoms with Crippen molar-refractivity contribution in [1.29, 1.82) is 0 Å². The summed E-state index contributed by atoms with van der Waals surface area (Å²) in [5.74, 6) is 2.14. The maximum absolute atomic E-state index is 11.4. The summed E-state index contributed by atoms with van der Waals surface area (Å²) in [4.78, 5) is 11.4. The third kappa shape index (κ3) is 4.03. The van der Waals surface area contributed by atoms with E-state index in [9.17, 15) is 4.79 Å². The highest BCUT2D eigenvalue weighted by atomic mass is 16.7. The van der Waals surface area contributed by atoms with Crippen LogP contribution >= 0.6 is 0 Å². The molecule has 1 aliphatic heterocycles. The van der Waals surface area contributed by atoms with Gasteiger partial charge >= 0.3 is 0 Å². The number of carbonyl (C=O) groups excluding carboxylic acids is 1. The smallest absolute Gasteiger partial charge is 0.234 e. The van der Waals surface area contributed by atoms with E-state index in [4.69, 9.17) is 14.2 Å². The van der Waals surface area contributed by atoms with Crippen LogP contribution in [0.5, 0.6) is 17.2 Å². The molecule has 1 aliphatic rings. The Hall–Kier alpha value is -1.95. The van der Waals surface area contributed by atoms with E-state index in [1.54, 1.807) is 25.2 Å². The highest BCUT2D eigenvalue weighted by molar-refractivity contribution is 5.75. The van der Waals surface area contributed by atoms with Crippen LogP contribution in [0.1, 0.15) is 12.8 Å². The zero-order valence-corrected chi connectivity index (χ0v) is 11.1. The first-order chi connectivity index (χ1) is 9.15. The number of carbonyl (C=O) groups is 1. The summed E-state index contributed by atoms with van der Waals surface area (Å²) < 4.78 is 16.0. The van der Waals surface area contributed by atoms with Gasteiger partial charge in [-0.15, -0.1) is 0 Å². The molecular formula is C13H18N2O4. The number of hydrazine groups is 1. The van der Waals surface area contributed by atoms with Crippen LogP contribution < -0.4 is 19.6 Å². The van der Waals surface area contributed by atoms with E-state index in [1.807, 2.05) is 12.1 Å². The van der Waals surface area contributed by atoms with Crippen LogP contribution in [-0.4, -0.2) is 38.4 Å². The van der Waals surface area contributed by atoms with E-state index in [0.29, 0.717) is 25.2 Å². The second-order valence-electron chi connectivity index (χ2n) is 4.40. The highest BCUT2D eigenvalue weighted by Crippen LogP contribution is 2.35. The Kier molecular flexibility index (Phi) is 4.46. The van der Waals surface area contributed by atoms with Crippen molar-refractivity contribution in [2.45, 2.75) is 12.8 Å². The summed E-state index contributed by atoms with van der Waals surface area (Å²) in [6.07, 6.45) is 1.09. The quantitative estimate of drug-likeness (QED) is 0.618. The lowest BCUT2D eigenvalue weighted by atomic mass is 10.3. The molecule has 6 heteroatoms. The Morgan fingerprint density at radius 1 is 1.37 bits per heavy atom. The second-order valence-corrected chi connectivity index (χ2v) is 4.40. The fourth-order valence-corrected chi connectivity index (χ4v) is 1.69. The van der Waals surface area contributed by atoms with Crippen LogP contribution in [0.4, 0.5) is 0 Å². The summed E-state index contributed by atoms with van der Waals surface area (Å²) in [6.45, 7) is 0.740. The minimum atomic E-state index is -0.0145. The van der Waals surface area contributed by atoms with Gasteiger partial charge in [0.25, 0.3) is 0 Å². The van der Waals surface area contributed by atoms with Crippen molar-refractivity contribution in [3.8, 4) is 17.2 Å². The largest absolute Gasteiger partial charge is 0.493 e. The lowest BCUT2D eigenvalue weighted by Crippen LogP contribution is -2.36. The SMILES string of the molecule is CN(C)NC(=O)CCCOc1ccc2c(c1)OCO2. The van der Waals surface area contributed by atoms with E-state index in [-0.39, 0.29) is 12.7 Å². The number of benzene rings is 1. The van der Waals surface area contributed by atoms with Gasteiger partial charge in [0.1, 0.15) is 5.75 Å². The molecule has 1 amide bonds. The van der Waals surface area contributed by atoms with Gasteiger partial charge in [-0.05, 0) is 18.6 Å². The Balaban J connectivity index is 1.70. The second kappa shape index (κ2) is 6.29. The van der Waals surface area contributed by atoms with Crippen LogP contribution in [0.3, 0.4) is 0 Å². The van der Waals surface area contributed by atoms with Crippen LogP contribution in [-0.2, 0) is 4.79 Å². The van der Waals surface area contributed by atoms with Crippen LogP contribution in [0.25, 0.3) is 0 Å². The molecule has 6 nitrogen and oxygen atoms in total. The Labute approximate surface area is 112 Å². The van der Waals surface area contributed by atoms with E-state index < -0.39 is 0 Å². The molecule has 2 rings (SSSR count). The zero-order chi connectivity index (χ0) is 13.7. The fraction of sp³-hybridized carbons (Fsp3) is 0.462. The van der Waals surface area contributed by atoms with Gasteiger partial charge in [0, 0.05) is 26.6 Å². The minimum Gasteiger partial charge on any atom is -0.493 e. The molecule has 0 spiro atoms. The van der Waals surface area contributed by atoms with Crippen LogP contribution in [0.2, 0.25) is 0 Å². The Bertz CT molecular complexity index is 448. The number of hydrogen-bond donors (Lipinski definition) is 1. The van der Waals surface area contributed by atoms with Crippen molar-refractivity contribution in [2.75, 3.05) is 27.5 Å². The van der Waals surface area contributed by atoms with E-state index >= 15 is 0 Å². The standard InChI is InChI=1S/C13H18N2O4/c1-15(2)14-13(16)4-3-7-17-10-5-6-11-12(8-10)19-9-18-11/h5-6,8H,3-4,7,9H2,1-2H3,(H,14,16). The lowest BCUT2D eigenvalue weighted by Gasteiger charge is -2.11. The summed E-state index contributed by atoms with van der Waals surface area (Å²) >= 11 is 0. The number of nitrogens with zero attached hydrogens (tertiary/aromatic N) is 1. The van der Waals surface area contributed by atoms with Crippen molar-refractivity contribution in [3.63, 3.8) is 0 Å². The molecule has 1 heterocycles. The fourth-order valence-electron chi connectivity index (χ4n) is 1.69. The molecule has 0 atom stereocenters. The van der Waals surface area contributed by atoms with Crippen molar-refractivity contribution in [1.82, 2.24) is 10.4 Å². The Morgan fingerprint density at radius 3 is 2.95 bits per heavy atom. The van der Waals surface area contributed by atoms with Gasteiger partial charge < -0.3 is 14.2 Å².